The maximum atomic E-state index is 12.9. The zero-order valence-corrected chi connectivity index (χ0v) is 11.3. The van der Waals surface area contributed by atoms with Gasteiger partial charge in [-0.3, -0.25) is 4.79 Å². The van der Waals surface area contributed by atoms with E-state index in [9.17, 15) is 28.2 Å². The van der Waals surface area contributed by atoms with Gasteiger partial charge in [-0.2, -0.15) is 13.2 Å². The molecule has 1 amide bonds. The van der Waals surface area contributed by atoms with Crippen LogP contribution in [0.2, 0.25) is 0 Å². The van der Waals surface area contributed by atoms with E-state index in [1.165, 1.54) is 13.0 Å². The molecule has 0 spiro atoms. The Hall–Kier alpha value is -1.80. The third-order valence-electron chi connectivity index (χ3n) is 2.92. The molecule has 0 aliphatic rings. The topological polar surface area (TPSA) is 95.6 Å². The van der Waals surface area contributed by atoms with Crippen LogP contribution in [0.15, 0.2) is 18.2 Å². The standard InChI is InChI=1S/C13H17F3N2O3/c1-7(19)18-6-5-10(20)12(21)11-8(13(14,15)16)3-2-4-9(11)17/h2-4,10,12,20-21H,5-6,17H2,1H3,(H,18,19). The molecular formula is C13H17F3N2O3. The maximum absolute atomic E-state index is 12.9. The van der Waals surface area contributed by atoms with E-state index in [0.29, 0.717) is 0 Å². The zero-order valence-electron chi connectivity index (χ0n) is 11.3. The first-order valence-corrected chi connectivity index (χ1v) is 6.20. The monoisotopic (exact) mass is 306 g/mol. The number of halogens is 3. The fourth-order valence-electron chi connectivity index (χ4n) is 1.91. The molecule has 2 atom stereocenters. The van der Waals surface area contributed by atoms with E-state index in [1.807, 2.05) is 0 Å². The molecule has 0 aliphatic heterocycles. The minimum atomic E-state index is -4.69. The van der Waals surface area contributed by atoms with Gasteiger partial charge in [-0.1, -0.05) is 6.07 Å². The van der Waals surface area contributed by atoms with Crippen LogP contribution in [0.5, 0.6) is 0 Å². The molecule has 0 fully saturated rings. The first-order chi connectivity index (χ1) is 9.64. The molecule has 0 heterocycles. The fourth-order valence-corrected chi connectivity index (χ4v) is 1.91. The van der Waals surface area contributed by atoms with Crippen molar-refractivity contribution in [1.29, 1.82) is 0 Å². The second-order valence-electron chi connectivity index (χ2n) is 4.59. The minimum absolute atomic E-state index is 0.0294. The van der Waals surface area contributed by atoms with E-state index < -0.39 is 29.5 Å². The molecule has 0 aromatic heterocycles. The van der Waals surface area contributed by atoms with Gasteiger partial charge in [-0.25, -0.2) is 0 Å². The molecule has 1 aromatic carbocycles. The van der Waals surface area contributed by atoms with E-state index in [2.05, 4.69) is 5.32 Å². The SMILES string of the molecule is CC(=O)NCCC(O)C(O)c1c(N)cccc1C(F)(F)F. The predicted octanol–water partition coefficient (Wildman–Crippen LogP) is 1.21. The Labute approximate surface area is 119 Å². The molecule has 118 valence electrons. The van der Waals surface area contributed by atoms with Crippen molar-refractivity contribution in [2.45, 2.75) is 31.7 Å². The summed E-state index contributed by atoms with van der Waals surface area (Å²) >= 11 is 0. The van der Waals surface area contributed by atoms with Crippen LogP contribution in [-0.2, 0) is 11.0 Å². The van der Waals surface area contributed by atoms with Gasteiger partial charge in [0.05, 0.1) is 11.7 Å². The molecular weight excluding hydrogens is 289 g/mol. The molecule has 0 saturated heterocycles. The van der Waals surface area contributed by atoms with Crippen molar-refractivity contribution in [3.63, 3.8) is 0 Å². The van der Waals surface area contributed by atoms with Gasteiger partial charge in [0, 0.05) is 24.7 Å². The van der Waals surface area contributed by atoms with Gasteiger partial charge in [0.2, 0.25) is 5.91 Å². The maximum Gasteiger partial charge on any atom is 0.416 e. The highest BCUT2D eigenvalue weighted by Gasteiger charge is 2.37. The van der Waals surface area contributed by atoms with Crippen molar-refractivity contribution in [2.75, 3.05) is 12.3 Å². The number of nitrogens with two attached hydrogens (primary N) is 1. The third-order valence-corrected chi connectivity index (χ3v) is 2.92. The van der Waals surface area contributed by atoms with Crippen molar-refractivity contribution >= 4 is 11.6 Å². The van der Waals surface area contributed by atoms with Crippen LogP contribution in [0.1, 0.15) is 30.6 Å². The quantitative estimate of drug-likeness (QED) is 0.615. The van der Waals surface area contributed by atoms with Crippen LogP contribution in [0.25, 0.3) is 0 Å². The molecule has 21 heavy (non-hydrogen) atoms. The molecule has 0 saturated carbocycles. The third kappa shape index (κ3) is 4.61. The lowest BCUT2D eigenvalue weighted by Gasteiger charge is -2.23. The number of nitrogens with one attached hydrogen (secondary N) is 1. The van der Waals surface area contributed by atoms with Crippen LogP contribution in [0.4, 0.5) is 18.9 Å². The number of carbonyl (C=O) groups is 1. The summed E-state index contributed by atoms with van der Waals surface area (Å²) in [6.45, 7) is 1.29. The Morgan fingerprint density at radius 2 is 2.00 bits per heavy atom. The fraction of sp³-hybridized carbons (Fsp3) is 0.462. The van der Waals surface area contributed by atoms with E-state index in [-0.39, 0.29) is 24.6 Å². The Balaban J connectivity index is 2.96. The second kappa shape index (κ2) is 6.77. The summed E-state index contributed by atoms with van der Waals surface area (Å²) in [5.74, 6) is -0.341. The lowest BCUT2D eigenvalue weighted by atomic mass is 9.95. The van der Waals surface area contributed by atoms with Crippen molar-refractivity contribution in [3.05, 3.63) is 29.3 Å². The van der Waals surface area contributed by atoms with E-state index >= 15 is 0 Å². The van der Waals surface area contributed by atoms with Gasteiger partial charge in [0.15, 0.2) is 0 Å². The van der Waals surface area contributed by atoms with E-state index in [0.717, 1.165) is 12.1 Å². The summed E-state index contributed by atoms with van der Waals surface area (Å²) in [5.41, 5.74) is 3.59. The number of alkyl halides is 3. The number of rotatable bonds is 5. The Bertz CT molecular complexity index is 506. The number of aliphatic hydroxyl groups is 2. The van der Waals surface area contributed by atoms with Crippen LogP contribution in [0, 0.1) is 0 Å². The van der Waals surface area contributed by atoms with Gasteiger partial charge in [-0.05, 0) is 18.6 Å². The number of amides is 1. The van der Waals surface area contributed by atoms with Gasteiger partial charge in [-0.15, -0.1) is 0 Å². The molecule has 8 heteroatoms. The average Bonchev–Trinajstić information content (AvgIpc) is 2.36. The van der Waals surface area contributed by atoms with Gasteiger partial charge in [0.25, 0.3) is 0 Å². The number of anilines is 1. The molecule has 0 bridgehead atoms. The summed E-state index contributed by atoms with van der Waals surface area (Å²) in [7, 11) is 0. The number of aliphatic hydroxyl groups excluding tert-OH is 2. The molecule has 5 N–H and O–H groups in total. The Morgan fingerprint density at radius 1 is 1.38 bits per heavy atom. The normalized spacial score (nSPS) is 14.6. The average molecular weight is 306 g/mol. The van der Waals surface area contributed by atoms with Crippen LogP contribution in [-0.4, -0.2) is 28.8 Å². The number of nitrogen functional groups attached to an aromatic ring is 1. The minimum Gasteiger partial charge on any atom is -0.398 e. The van der Waals surface area contributed by atoms with Crippen LogP contribution < -0.4 is 11.1 Å². The predicted molar refractivity (Wildman–Crippen MR) is 70.1 cm³/mol. The first kappa shape index (κ1) is 17.3. The Kier molecular flexibility index (Phi) is 5.56. The highest BCUT2D eigenvalue weighted by Crippen LogP contribution is 2.38. The highest BCUT2D eigenvalue weighted by atomic mass is 19.4. The molecule has 1 rings (SSSR count). The van der Waals surface area contributed by atoms with E-state index in [1.54, 1.807) is 0 Å². The number of benzene rings is 1. The highest BCUT2D eigenvalue weighted by molar-refractivity contribution is 5.72. The number of carbonyl (C=O) groups excluding carboxylic acids is 1. The molecule has 5 nitrogen and oxygen atoms in total. The van der Waals surface area contributed by atoms with Crippen molar-refractivity contribution in [1.82, 2.24) is 5.32 Å². The smallest absolute Gasteiger partial charge is 0.398 e. The summed E-state index contributed by atoms with van der Waals surface area (Å²) in [6.07, 6.45) is -8.07. The summed E-state index contributed by atoms with van der Waals surface area (Å²) in [6, 6.07) is 3.13. The first-order valence-electron chi connectivity index (χ1n) is 6.20. The number of hydrogen-bond donors (Lipinski definition) is 4. The molecule has 0 aliphatic carbocycles. The van der Waals surface area contributed by atoms with Gasteiger partial charge < -0.3 is 21.3 Å². The Morgan fingerprint density at radius 3 is 2.52 bits per heavy atom. The van der Waals surface area contributed by atoms with Crippen LogP contribution >= 0.6 is 0 Å². The molecule has 1 aromatic rings. The lowest BCUT2D eigenvalue weighted by Crippen LogP contribution is -2.29. The summed E-state index contributed by atoms with van der Waals surface area (Å²) in [4.78, 5) is 10.7. The number of hydrogen-bond acceptors (Lipinski definition) is 4. The van der Waals surface area contributed by atoms with Gasteiger partial charge >= 0.3 is 6.18 Å². The zero-order chi connectivity index (χ0) is 16.2. The van der Waals surface area contributed by atoms with Crippen molar-refractivity contribution < 1.29 is 28.2 Å². The summed E-state index contributed by atoms with van der Waals surface area (Å²) in [5, 5.41) is 22.1. The second-order valence-corrected chi connectivity index (χ2v) is 4.59. The van der Waals surface area contributed by atoms with Gasteiger partial charge in [0.1, 0.15) is 6.10 Å². The van der Waals surface area contributed by atoms with E-state index in [4.69, 9.17) is 5.73 Å². The largest absolute Gasteiger partial charge is 0.416 e. The van der Waals surface area contributed by atoms with Crippen molar-refractivity contribution in [2.24, 2.45) is 0 Å². The summed E-state index contributed by atoms with van der Waals surface area (Å²) < 4.78 is 38.7. The van der Waals surface area contributed by atoms with Crippen LogP contribution in [0.3, 0.4) is 0 Å². The lowest BCUT2D eigenvalue weighted by molar-refractivity contribution is -0.139. The van der Waals surface area contributed by atoms with Crippen molar-refractivity contribution in [3.8, 4) is 0 Å². The molecule has 0 radical (unpaired) electrons. The molecule has 2 unspecified atom stereocenters.